The highest BCUT2D eigenvalue weighted by Gasteiger charge is 2.22. The summed E-state index contributed by atoms with van der Waals surface area (Å²) in [6.07, 6.45) is 4.11. The van der Waals surface area contributed by atoms with Gasteiger partial charge in [0.05, 0.1) is 17.4 Å². The molecule has 2 unspecified atom stereocenters. The number of fused-ring (bicyclic) bond motifs is 1. The maximum Gasteiger partial charge on any atom is 0.0931 e. The summed E-state index contributed by atoms with van der Waals surface area (Å²) in [4.78, 5) is 7.32. The summed E-state index contributed by atoms with van der Waals surface area (Å²) < 4.78 is 0. The van der Waals surface area contributed by atoms with Gasteiger partial charge in [0.1, 0.15) is 0 Å². The summed E-state index contributed by atoms with van der Waals surface area (Å²) in [6.45, 7) is 1.09. The molecular weight excluding hydrogens is 200 g/mol. The Morgan fingerprint density at radius 2 is 2.38 bits per heavy atom. The van der Waals surface area contributed by atoms with Gasteiger partial charge < -0.3 is 16.0 Å². The first-order chi connectivity index (χ1) is 7.84. The van der Waals surface area contributed by atoms with E-state index in [9.17, 15) is 0 Å². The molecule has 0 aliphatic carbocycles. The van der Waals surface area contributed by atoms with Gasteiger partial charge in [0.15, 0.2) is 0 Å². The molecule has 4 heteroatoms. The van der Waals surface area contributed by atoms with E-state index >= 15 is 0 Å². The number of imidazole rings is 1. The average Bonchev–Trinajstić information content (AvgIpc) is 2.98. The van der Waals surface area contributed by atoms with Crippen molar-refractivity contribution in [1.82, 2.24) is 15.3 Å². The minimum atomic E-state index is 0.0789. The second-order valence-electron chi connectivity index (χ2n) is 4.41. The predicted octanol–water partition coefficient (Wildman–Crippen LogP) is 1.31. The summed E-state index contributed by atoms with van der Waals surface area (Å²) in [5.74, 6) is 0. The fourth-order valence-electron chi connectivity index (χ4n) is 2.41. The van der Waals surface area contributed by atoms with Crippen molar-refractivity contribution in [3.05, 3.63) is 30.1 Å². The van der Waals surface area contributed by atoms with Crippen LogP contribution in [-0.4, -0.2) is 22.6 Å². The van der Waals surface area contributed by atoms with Crippen molar-refractivity contribution in [2.75, 3.05) is 6.54 Å². The Kier molecular flexibility index (Phi) is 2.38. The highest BCUT2D eigenvalue weighted by Crippen LogP contribution is 2.23. The van der Waals surface area contributed by atoms with Gasteiger partial charge in [-0.05, 0) is 37.1 Å². The first-order valence-corrected chi connectivity index (χ1v) is 5.76. The van der Waals surface area contributed by atoms with Gasteiger partial charge in [-0.1, -0.05) is 6.07 Å². The molecule has 4 N–H and O–H groups in total. The van der Waals surface area contributed by atoms with Gasteiger partial charge in [0, 0.05) is 12.1 Å². The minimum Gasteiger partial charge on any atom is -0.345 e. The first-order valence-electron chi connectivity index (χ1n) is 5.76. The number of nitrogens with two attached hydrogens (primary N) is 1. The van der Waals surface area contributed by atoms with Crippen LogP contribution >= 0.6 is 0 Å². The quantitative estimate of drug-likeness (QED) is 0.709. The molecule has 0 spiro atoms. The highest BCUT2D eigenvalue weighted by molar-refractivity contribution is 5.75. The van der Waals surface area contributed by atoms with E-state index in [1.165, 1.54) is 18.4 Å². The molecule has 16 heavy (non-hydrogen) atoms. The van der Waals surface area contributed by atoms with Crippen LogP contribution < -0.4 is 11.1 Å². The number of nitrogens with one attached hydrogen (secondary N) is 2. The normalized spacial score (nSPS) is 22.7. The summed E-state index contributed by atoms with van der Waals surface area (Å²) >= 11 is 0. The summed E-state index contributed by atoms with van der Waals surface area (Å²) in [5, 5.41) is 3.45. The first kappa shape index (κ1) is 9.81. The molecule has 2 aromatic rings. The molecule has 1 saturated heterocycles. The number of benzene rings is 1. The van der Waals surface area contributed by atoms with E-state index in [2.05, 4.69) is 27.4 Å². The van der Waals surface area contributed by atoms with Gasteiger partial charge in [-0.2, -0.15) is 0 Å². The summed E-state index contributed by atoms with van der Waals surface area (Å²) in [5.41, 5.74) is 9.50. The molecule has 0 saturated carbocycles. The third-order valence-corrected chi connectivity index (χ3v) is 3.36. The zero-order valence-electron chi connectivity index (χ0n) is 9.11. The molecule has 0 bridgehead atoms. The van der Waals surface area contributed by atoms with Crippen LogP contribution in [0.2, 0.25) is 0 Å². The number of rotatable bonds is 2. The van der Waals surface area contributed by atoms with Gasteiger partial charge >= 0.3 is 0 Å². The third kappa shape index (κ3) is 1.60. The zero-order valence-corrected chi connectivity index (χ0v) is 9.11. The van der Waals surface area contributed by atoms with Crippen LogP contribution in [0.5, 0.6) is 0 Å². The number of hydrogen-bond donors (Lipinski definition) is 3. The number of hydrogen-bond acceptors (Lipinski definition) is 3. The van der Waals surface area contributed by atoms with Crippen molar-refractivity contribution >= 4 is 11.0 Å². The van der Waals surface area contributed by atoms with Gasteiger partial charge in [-0.3, -0.25) is 0 Å². The second kappa shape index (κ2) is 3.88. The lowest BCUT2D eigenvalue weighted by atomic mass is 9.99. The Morgan fingerprint density at radius 1 is 1.44 bits per heavy atom. The van der Waals surface area contributed by atoms with Crippen molar-refractivity contribution in [3.8, 4) is 0 Å². The van der Waals surface area contributed by atoms with E-state index in [0.717, 1.165) is 17.6 Å². The van der Waals surface area contributed by atoms with Crippen LogP contribution in [0.3, 0.4) is 0 Å². The van der Waals surface area contributed by atoms with E-state index in [0.29, 0.717) is 6.04 Å². The monoisotopic (exact) mass is 216 g/mol. The molecular formula is C12H16N4. The van der Waals surface area contributed by atoms with Crippen LogP contribution in [0.15, 0.2) is 24.5 Å². The Hall–Kier alpha value is -1.39. The van der Waals surface area contributed by atoms with Crippen molar-refractivity contribution < 1.29 is 0 Å². The van der Waals surface area contributed by atoms with Crippen LogP contribution in [0.1, 0.15) is 24.4 Å². The molecule has 4 nitrogen and oxygen atoms in total. The molecule has 84 valence electrons. The molecule has 3 rings (SSSR count). The molecule has 2 atom stereocenters. The van der Waals surface area contributed by atoms with Crippen LogP contribution in [0.25, 0.3) is 11.0 Å². The second-order valence-corrected chi connectivity index (χ2v) is 4.41. The Morgan fingerprint density at radius 3 is 3.19 bits per heavy atom. The minimum absolute atomic E-state index is 0.0789. The van der Waals surface area contributed by atoms with Gasteiger partial charge in [-0.25, -0.2) is 4.98 Å². The SMILES string of the molecule is NC(c1ccc2nc[nH]c2c1)C1CCCN1. The van der Waals surface area contributed by atoms with Gasteiger partial charge in [0.25, 0.3) is 0 Å². The van der Waals surface area contributed by atoms with E-state index in [4.69, 9.17) is 5.73 Å². The zero-order chi connectivity index (χ0) is 11.0. The van der Waals surface area contributed by atoms with Crippen molar-refractivity contribution in [2.45, 2.75) is 24.9 Å². The lowest BCUT2D eigenvalue weighted by Gasteiger charge is -2.19. The molecule has 1 aromatic heterocycles. The fourth-order valence-corrected chi connectivity index (χ4v) is 2.41. The molecule has 1 aliphatic rings. The maximum absolute atomic E-state index is 6.26. The van der Waals surface area contributed by atoms with Crippen LogP contribution in [0.4, 0.5) is 0 Å². The molecule has 1 fully saturated rings. The summed E-state index contributed by atoms with van der Waals surface area (Å²) in [6, 6.07) is 6.70. The molecule has 0 amide bonds. The standard InChI is InChI=1S/C12H16N4/c13-12(10-2-1-5-14-10)8-3-4-9-11(6-8)16-7-15-9/h3-4,6-7,10,12,14H,1-2,5,13H2,(H,15,16). The average molecular weight is 216 g/mol. The number of aromatic nitrogens is 2. The largest absolute Gasteiger partial charge is 0.345 e. The van der Waals surface area contributed by atoms with Crippen molar-refractivity contribution in [2.24, 2.45) is 5.73 Å². The molecule has 2 heterocycles. The maximum atomic E-state index is 6.26. The van der Waals surface area contributed by atoms with Gasteiger partial charge in [-0.15, -0.1) is 0 Å². The highest BCUT2D eigenvalue weighted by atomic mass is 15.0. The lowest BCUT2D eigenvalue weighted by molar-refractivity contribution is 0.501. The number of nitrogens with zero attached hydrogens (tertiary/aromatic N) is 1. The number of H-pyrrole nitrogens is 1. The molecule has 1 aromatic carbocycles. The van der Waals surface area contributed by atoms with Crippen molar-refractivity contribution in [3.63, 3.8) is 0 Å². The fraction of sp³-hybridized carbons (Fsp3) is 0.417. The smallest absolute Gasteiger partial charge is 0.0931 e. The Balaban J connectivity index is 1.91. The Bertz CT molecular complexity index is 484. The van der Waals surface area contributed by atoms with Crippen LogP contribution in [0, 0.1) is 0 Å². The number of aromatic amines is 1. The topological polar surface area (TPSA) is 66.7 Å². The van der Waals surface area contributed by atoms with E-state index in [-0.39, 0.29) is 6.04 Å². The third-order valence-electron chi connectivity index (χ3n) is 3.36. The van der Waals surface area contributed by atoms with Crippen molar-refractivity contribution in [1.29, 1.82) is 0 Å². The molecule has 0 radical (unpaired) electrons. The summed E-state index contributed by atoms with van der Waals surface area (Å²) in [7, 11) is 0. The van der Waals surface area contributed by atoms with Gasteiger partial charge in [0.2, 0.25) is 0 Å². The Labute approximate surface area is 94.3 Å². The lowest BCUT2D eigenvalue weighted by Crippen LogP contribution is -2.34. The molecule has 1 aliphatic heterocycles. The van der Waals surface area contributed by atoms with E-state index in [1.807, 2.05) is 6.07 Å². The van der Waals surface area contributed by atoms with E-state index in [1.54, 1.807) is 6.33 Å². The predicted molar refractivity (Wildman–Crippen MR) is 64.0 cm³/mol. The van der Waals surface area contributed by atoms with E-state index < -0.39 is 0 Å². The van der Waals surface area contributed by atoms with Crippen LogP contribution in [-0.2, 0) is 0 Å².